The van der Waals surface area contributed by atoms with E-state index < -0.39 is 30.7 Å². The molecule has 1 unspecified atom stereocenters. The van der Waals surface area contributed by atoms with Crippen molar-refractivity contribution < 1.29 is 32.6 Å². The van der Waals surface area contributed by atoms with Crippen LogP contribution in [0, 0.1) is 0 Å². The Bertz CT molecular complexity index is 281. The van der Waals surface area contributed by atoms with Crippen LogP contribution < -0.4 is 5.32 Å². The van der Waals surface area contributed by atoms with Gasteiger partial charge in [0.05, 0.1) is 13.0 Å². The smallest absolute Gasteiger partial charge is 0.411 e. The molecule has 0 rings (SSSR count). The quantitative estimate of drug-likeness (QED) is 0.653. The van der Waals surface area contributed by atoms with E-state index in [4.69, 9.17) is 5.11 Å². The van der Waals surface area contributed by atoms with Crippen LogP contribution in [0.4, 0.5) is 13.2 Å². The third kappa shape index (κ3) is 9.88. The lowest BCUT2D eigenvalue weighted by Gasteiger charge is -2.14. The van der Waals surface area contributed by atoms with E-state index in [-0.39, 0.29) is 19.4 Å². The monoisotopic (exact) mass is 271 g/mol. The minimum Gasteiger partial charge on any atom is -0.481 e. The first-order chi connectivity index (χ1) is 8.24. The SMILES string of the molecule is CCC(CC(=O)O)NC(=O)CCOCC(F)(F)F. The Labute approximate surface area is 102 Å². The number of hydrogen-bond acceptors (Lipinski definition) is 3. The van der Waals surface area contributed by atoms with Crippen LogP contribution in [0.3, 0.4) is 0 Å². The number of amides is 1. The van der Waals surface area contributed by atoms with E-state index >= 15 is 0 Å². The second-order valence-corrected chi connectivity index (χ2v) is 3.69. The lowest BCUT2D eigenvalue weighted by Crippen LogP contribution is -2.36. The van der Waals surface area contributed by atoms with Gasteiger partial charge in [-0.3, -0.25) is 9.59 Å². The lowest BCUT2D eigenvalue weighted by molar-refractivity contribution is -0.174. The van der Waals surface area contributed by atoms with Crippen molar-refractivity contribution in [2.45, 2.75) is 38.4 Å². The van der Waals surface area contributed by atoms with Crippen molar-refractivity contribution in [3.8, 4) is 0 Å². The summed E-state index contributed by atoms with van der Waals surface area (Å²) < 4.78 is 39.4. The molecule has 8 heteroatoms. The summed E-state index contributed by atoms with van der Waals surface area (Å²) >= 11 is 0. The zero-order chi connectivity index (χ0) is 14.2. The second kappa shape index (κ2) is 7.91. The zero-order valence-corrected chi connectivity index (χ0v) is 9.92. The van der Waals surface area contributed by atoms with Crippen LogP contribution in [-0.2, 0) is 14.3 Å². The fraction of sp³-hybridized carbons (Fsp3) is 0.800. The van der Waals surface area contributed by atoms with Crippen LogP contribution >= 0.6 is 0 Å². The van der Waals surface area contributed by atoms with Crippen LogP contribution in [0.5, 0.6) is 0 Å². The summed E-state index contributed by atoms with van der Waals surface area (Å²) in [6.45, 7) is -0.0461. The molecular formula is C10H16F3NO4. The van der Waals surface area contributed by atoms with E-state index in [0.29, 0.717) is 6.42 Å². The van der Waals surface area contributed by atoms with Crippen LogP contribution in [0.25, 0.3) is 0 Å². The number of nitrogens with one attached hydrogen (secondary N) is 1. The average molecular weight is 271 g/mol. The molecule has 5 nitrogen and oxygen atoms in total. The molecular weight excluding hydrogens is 255 g/mol. The summed E-state index contributed by atoms with van der Waals surface area (Å²) in [4.78, 5) is 21.7. The number of hydrogen-bond donors (Lipinski definition) is 2. The van der Waals surface area contributed by atoms with Gasteiger partial charge in [-0.25, -0.2) is 0 Å². The molecule has 0 aromatic rings. The van der Waals surface area contributed by atoms with E-state index in [9.17, 15) is 22.8 Å². The molecule has 0 radical (unpaired) electrons. The molecule has 0 aliphatic heterocycles. The highest BCUT2D eigenvalue weighted by molar-refractivity contribution is 5.77. The van der Waals surface area contributed by atoms with Gasteiger partial charge >= 0.3 is 12.1 Å². The number of carboxylic acid groups (broad SMARTS) is 1. The molecule has 106 valence electrons. The van der Waals surface area contributed by atoms with Crippen molar-refractivity contribution in [2.24, 2.45) is 0 Å². The van der Waals surface area contributed by atoms with Crippen molar-refractivity contribution in [2.75, 3.05) is 13.2 Å². The van der Waals surface area contributed by atoms with Crippen molar-refractivity contribution in [3.63, 3.8) is 0 Å². The van der Waals surface area contributed by atoms with Crippen LogP contribution in [-0.4, -0.2) is 42.4 Å². The summed E-state index contributed by atoms with van der Waals surface area (Å²) in [7, 11) is 0. The number of carboxylic acids is 1. The first-order valence-corrected chi connectivity index (χ1v) is 5.40. The van der Waals surface area contributed by atoms with Gasteiger partial charge in [0.15, 0.2) is 0 Å². The van der Waals surface area contributed by atoms with Crippen LogP contribution in [0.1, 0.15) is 26.2 Å². The Morgan fingerprint density at radius 2 is 2.00 bits per heavy atom. The number of aliphatic carboxylic acids is 1. The Kier molecular flexibility index (Phi) is 7.33. The third-order valence-electron chi connectivity index (χ3n) is 2.02. The first kappa shape index (κ1) is 16.7. The molecule has 0 heterocycles. The zero-order valence-electron chi connectivity index (χ0n) is 9.92. The number of ether oxygens (including phenoxy) is 1. The van der Waals surface area contributed by atoms with Gasteiger partial charge < -0.3 is 15.2 Å². The highest BCUT2D eigenvalue weighted by Crippen LogP contribution is 2.14. The van der Waals surface area contributed by atoms with E-state index in [2.05, 4.69) is 10.1 Å². The number of carbonyl (C=O) groups excluding carboxylic acids is 1. The van der Waals surface area contributed by atoms with E-state index in [0.717, 1.165) is 0 Å². The molecule has 1 amide bonds. The van der Waals surface area contributed by atoms with Gasteiger partial charge in [0, 0.05) is 12.5 Å². The van der Waals surface area contributed by atoms with Crippen molar-refractivity contribution in [1.82, 2.24) is 5.32 Å². The fourth-order valence-corrected chi connectivity index (χ4v) is 1.16. The number of alkyl halides is 3. The van der Waals surface area contributed by atoms with E-state index in [1.54, 1.807) is 6.92 Å². The maximum Gasteiger partial charge on any atom is 0.411 e. The van der Waals surface area contributed by atoms with E-state index in [1.165, 1.54) is 0 Å². The minimum absolute atomic E-state index is 0.217. The molecule has 0 bridgehead atoms. The standard InChI is InChI=1S/C10H16F3NO4/c1-2-7(5-9(16)17)14-8(15)3-4-18-6-10(11,12)13/h7H,2-6H2,1H3,(H,14,15)(H,16,17). The number of halogens is 3. The molecule has 1 atom stereocenters. The largest absolute Gasteiger partial charge is 0.481 e. The Morgan fingerprint density at radius 1 is 1.39 bits per heavy atom. The molecule has 2 N–H and O–H groups in total. The van der Waals surface area contributed by atoms with Gasteiger partial charge in [0.25, 0.3) is 0 Å². The molecule has 0 aliphatic rings. The van der Waals surface area contributed by atoms with Gasteiger partial charge in [-0.2, -0.15) is 13.2 Å². The minimum atomic E-state index is -4.41. The van der Waals surface area contributed by atoms with Crippen LogP contribution in [0.15, 0.2) is 0 Å². The Balaban J connectivity index is 3.79. The van der Waals surface area contributed by atoms with Gasteiger partial charge in [-0.05, 0) is 6.42 Å². The summed E-state index contributed by atoms with van der Waals surface area (Å²) in [5.74, 6) is -1.57. The van der Waals surface area contributed by atoms with Gasteiger partial charge in [-0.15, -0.1) is 0 Å². The van der Waals surface area contributed by atoms with Gasteiger partial charge in [-0.1, -0.05) is 6.92 Å². The van der Waals surface area contributed by atoms with Gasteiger partial charge in [0.2, 0.25) is 5.91 Å². The predicted molar refractivity (Wildman–Crippen MR) is 56.0 cm³/mol. The molecule has 0 aromatic heterocycles. The molecule has 0 spiro atoms. The fourth-order valence-electron chi connectivity index (χ4n) is 1.16. The summed E-state index contributed by atoms with van der Waals surface area (Å²) in [6, 6.07) is -0.516. The summed E-state index contributed by atoms with van der Waals surface area (Å²) in [6.07, 6.45) is -4.43. The highest BCUT2D eigenvalue weighted by atomic mass is 19.4. The topological polar surface area (TPSA) is 75.6 Å². The Morgan fingerprint density at radius 3 is 2.44 bits per heavy atom. The van der Waals surface area contributed by atoms with Crippen molar-refractivity contribution in [1.29, 1.82) is 0 Å². The maximum absolute atomic E-state index is 11.7. The van der Waals surface area contributed by atoms with E-state index in [1.807, 2.05) is 0 Å². The molecule has 0 saturated carbocycles. The predicted octanol–water partition coefficient (Wildman–Crippen LogP) is 1.32. The molecule has 0 saturated heterocycles. The molecule has 0 aromatic carbocycles. The Hall–Kier alpha value is -1.31. The first-order valence-electron chi connectivity index (χ1n) is 5.40. The second-order valence-electron chi connectivity index (χ2n) is 3.69. The maximum atomic E-state index is 11.7. The highest BCUT2D eigenvalue weighted by Gasteiger charge is 2.27. The van der Waals surface area contributed by atoms with Crippen LogP contribution in [0.2, 0.25) is 0 Å². The average Bonchev–Trinajstić information content (AvgIpc) is 2.21. The lowest BCUT2D eigenvalue weighted by atomic mass is 10.1. The van der Waals surface area contributed by atoms with Crippen molar-refractivity contribution in [3.05, 3.63) is 0 Å². The normalized spacial score (nSPS) is 13.1. The molecule has 0 fully saturated rings. The van der Waals surface area contributed by atoms with Crippen molar-refractivity contribution >= 4 is 11.9 Å². The van der Waals surface area contributed by atoms with Gasteiger partial charge in [0.1, 0.15) is 6.61 Å². The third-order valence-corrected chi connectivity index (χ3v) is 2.02. The molecule has 18 heavy (non-hydrogen) atoms. The summed E-state index contributed by atoms with van der Waals surface area (Å²) in [5.41, 5.74) is 0. The summed E-state index contributed by atoms with van der Waals surface area (Å²) in [5, 5.41) is 10.9. The molecule has 0 aliphatic carbocycles. The number of rotatable bonds is 8. The number of carbonyl (C=O) groups is 2.